The Hall–Kier alpha value is -0.710. The molecule has 5 heteroatoms. The van der Waals surface area contributed by atoms with Gasteiger partial charge >= 0.3 is 11.9 Å². The molecule has 4 nitrogen and oxygen atoms in total. The molecule has 0 spiro atoms. The fourth-order valence-electron chi connectivity index (χ4n) is 0.583. The van der Waals surface area contributed by atoms with Gasteiger partial charge in [0.1, 0.15) is 0 Å². The van der Waals surface area contributed by atoms with E-state index in [2.05, 4.69) is 8.37 Å². The molecule has 0 radical (unpaired) electrons. The fourth-order valence-corrected chi connectivity index (χ4v) is 1.01. The van der Waals surface area contributed by atoms with Gasteiger partial charge in [0.05, 0.1) is 5.92 Å². The Morgan fingerprint density at radius 2 is 1.93 bits per heavy atom. The Morgan fingerprint density at radius 1 is 1.29 bits per heavy atom. The van der Waals surface area contributed by atoms with Crippen LogP contribution in [-0.2, 0) is 18.0 Å². The second kappa shape index (κ2) is 7.67. The predicted octanol–water partition coefficient (Wildman–Crippen LogP) is 2.48. The quantitative estimate of drug-likeness (QED) is 0.644. The summed E-state index contributed by atoms with van der Waals surface area (Å²) in [4.78, 5) is 21.9. The summed E-state index contributed by atoms with van der Waals surface area (Å²) in [5, 5.41) is 0. The van der Waals surface area contributed by atoms with Crippen molar-refractivity contribution >= 4 is 24.3 Å². The first kappa shape index (κ1) is 13.3. The molecule has 82 valence electrons. The van der Waals surface area contributed by atoms with Crippen molar-refractivity contribution in [2.24, 2.45) is 5.92 Å². The number of carbonyl (C=O) groups excluding carboxylic acids is 2. The van der Waals surface area contributed by atoms with Crippen LogP contribution in [0.2, 0.25) is 0 Å². The predicted molar refractivity (Wildman–Crippen MR) is 54.1 cm³/mol. The highest BCUT2D eigenvalue weighted by Gasteiger charge is 2.14. The maximum atomic E-state index is 11.1. The molecule has 14 heavy (non-hydrogen) atoms. The molecule has 1 unspecified atom stereocenters. The number of hydrogen-bond acceptors (Lipinski definition) is 5. The summed E-state index contributed by atoms with van der Waals surface area (Å²) >= 11 is 0.454. The molecule has 0 bridgehead atoms. The summed E-state index contributed by atoms with van der Waals surface area (Å²) in [6, 6.07) is 0. The zero-order valence-corrected chi connectivity index (χ0v) is 9.56. The number of carbonyl (C=O) groups is 2. The fraction of sp³-hybridized carbons (Fsp3) is 0.778. The van der Waals surface area contributed by atoms with Crippen molar-refractivity contribution in [2.75, 3.05) is 0 Å². The molecule has 0 aliphatic heterocycles. The van der Waals surface area contributed by atoms with Crippen LogP contribution in [0.15, 0.2) is 0 Å². The third-order valence-corrected chi connectivity index (χ3v) is 2.20. The smallest absolute Gasteiger partial charge is 0.323 e. The van der Waals surface area contributed by atoms with Gasteiger partial charge < -0.3 is 8.37 Å². The summed E-state index contributed by atoms with van der Waals surface area (Å²) in [6.07, 6.45) is 1.77. The van der Waals surface area contributed by atoms with Crippen LogP contribution in [0.3, 0.4) is 0 Å². The molecule has 0 aromatic rings. The molecule has 0 aliphatic carbocycles. The van der Waals surface area contributed by atoms with E-state index >= 15 is 0 Å². The molecule has 0 saturated heterocycles. The van der Waals surface area contributed by atoms with Gasteiger partial charge in [-0.1, -0.05) is 20.8 Å². The minimum absolute atomic E-state index is 0.160. The van der Waals surface area contributed by atoms with Gasteiger partial charge in [-0.3, -0.25) is 9.59 Å². The average molecular weight is 220 g/mol. The van der Waals surface area contributed by atoms with E-state index in [1.54, 1.807) is 6.92 Å². The first-order valence-electron chi connectivity index (χ1n) is 4.69. The van der Waals surface area contributed by atoms with Gasteiger partial charge in [-0.15, -0.1) is 0 Å². The van der Waals surface area contributed by atoms with E-state index < -0.39 is 0 Å². The molecule has 1 atom stereocenters. The van der Waals surface area contributed by atoms with Crippen LogP contribution in [0.25, 0.3) is 0 Å². The van der Waals surface area contributed by atoms with Crippen molar-refractivity contribution in [3.05, 3.63) is 0 Å². The zero-order chi connectivity index (χ0) is 11.0. The van der Waals surface area contributed by atoms with Crippen molar-refractivity contribution in [1.82, 2.24) is 0 Å². The molecule has 0 aromatic heterocycles. The molecule has 0 N–H and O–H groups in total. The van der Waals surface area contributed by atoms with Crippen LogP contribution < -0.4 is 0 Å². The third kappa shape index (κ3) is 5.85. The molecular weight excluding hydrogens is 204 g/mol. The van der Waals surface area contributed by atoms with Crippen molar-refractivity contribution in [1.29, 1.82) is 0 Å². The van der Waals surface area contributed by atoms with E-state index in [-0.39, 0.29) is 17.9 Å². The molecule has 0 fully saturated rings. The highest BCUT2D eigenvalue weighted by Crippen LogP contribution is 2.12. The van der Waals surface area contributed by atoms with Gasteiger partial charge in [0, 0.05) is 6.42 Å². The maximum absolute atomic E-state index is 11.1. The van der Waals surface area contributed by atoms with Crippen LogP contribution >= 0.6 is 12.3 Å². The monoisotopic (exact) mass is 220 g/mol. The lowest BCUT2D eigenvalue weighted by Crippen LogP contribution is -2.11. The topological polar surface area (TPSA) is 52.6 Å². The van der Waals surface area contributed by atoms with Crippen molar-refractivity contribution < 1.29 is 18.0 Å². The Kier molecular flexibility index (Phi) is 7.28. The van der Waals surface area contributed by atoms with Crippen molar-refractivity contribution in [2.45, 2.75) is 40.0 Å². The molecule has 0 saturated carbocycles. The summed E-state index contributed by atoms with van der Waals surface area (Å²) in [7, 11) is 0. The maximum Gasteiger partial charge on any atom is 0.323 e. The van der Waals surface area contributed by atoms with Crippen molar-refractivity contribution in [3.8, 4) is 0 Å². The van der Waals surface area contributed by atoms with Crippen LogP contribution in [-0.4, -0.2) is 11.9 Å². The van der Waals surface area contributed by atoms with E-state index in [1.165, 1.54) is 0 Å². The molecule has 0 aliphatic rings. The first-order chi connectivity index (χ1) is 6.61. The van der Waals surface area contributed by atoms with E-state index in [1.807, 2.05) is 13.8 Å². The normalized spacial score (nSPS) is 11.9. The van der Waals surface area contributed by atoms with Crippen LogP contribution in [0, 0.1) is 5.92 Å². The highest BCUT2D eigenvalue weighted by molar-refractivity contribution is 7.90. The van der Waals surface area contributed by atoms with Gasteiger partial charge in [0.25, 0.3) is 12.3 Å². The Bertz CT molecular complexity index is 193. The summed E-state index contributed by atoms with van der Waals surface area (Å²) in [5.41, 5.74) is 0. The van der Waals surface area contributed by atoms with Gasteiger partial charge in [-0.25, -0.2) is 0 Å². The van der Waals surface area contributed by atoms with Crippen LogP contribution in [0.5, 0.6) is 0 Å². The van der Waals surface area contributed by atoms with Gasteiger partial charge in [-0.05, 0) is 12.8 Å². The second-order valence-corrected chi connectivity index (χ2v) is 3.45. The average Bonchev–Trinajstić information content (AvgIpc) is 2.16. The lowest BCUT2D eigenvalue weighted by atomic mass is 10.1. The van der Waals surface area contributed by atoms with Gasteiger partial charge in [-0.2, -0.15) is 0 Å². The number of hydrogen-bond donors (Lipinski definition) is 0. The van der Waals surface area contributed by atoms with Crippen LogP contribution in [0.4, 0.5) is 0 Å². The van der Waals surface area contributed by atoms with E-state index in [9.17, 15) is 9.59 Å². The molecule has 0 amide bonds. The Balaban J connectivity index is 3.54. The highest BCUT2D eigenvalue weighted by atomic mass is 32.2. The number of rotatable bonds is 6. The Morgan fingerprint density at radius 3 is 2.43 bits per heavy atom. The SMILES string of the molecule is CCCC(=O)OSOC(=O)C(C)CC. The second-order valence-electron chi connectivity index (χ2n) is 2.99. The first-order valence-corrected chi connectivity index (χ1v) is 5.36. The molecule has 0 heterocycles. The minimum Gasteiger partial charge on any atom is -0.355 e. The molecule has 0 aromatic carbocycles. The summed E-state index contributed by atoms with van der Waals surface area (Å²) < 4.78 is 9.23. The molecule has 0 rings (SSSR count). The van der Waals surface area contributed by atoms with Crippen LogP contribution in [0.1, 0.15) is 40.0 Å². The van der Waals surface area contributed by atoms with Crippen molar-refractivity contribution in [3.63, 3.8) is 0 Å². The van der Waals surface area contributed by atoms with E-state index in [4.69, 9.17) is 0 Å². The third-order valence-electron chi connectivity index (χ3n) is 1.71. The van der Waals surface area contributed by atoms with E-state index in [0.29, 0.717) is 25.2 Å². The van der Waals surface area contributed by atoms with Gasteiger partial charge in [0.15, 0.2) is 0 Å². The summed E-state index contributed by atoms with van der Waals surface area (Å²) in [6.45, 7) is 5.52. The minimum atomic E-state index is -0.366. The van der Waals surface area contributed by atoms with E-state index in [0.717, 1.165) is 6.42 Å². The lowest BCUT2D eigenvalue weighted by Gasteiger charge is -2.05. The standard InChI is InChI=1S/C9H16O4S/c1-4-6-8(10)12-14-13-9(11)7(3)5-2/h7H,4-6H2,1-3H3. The Labute approximate surface area is 88.8 Å². The lowest BCUT2D eigenvalue weighted by molar-refractivity contribution is -0.138. The largest absolute Gasteiger partial charge is 0.355 e. The molecular formula is C9H16O4S. The van der Waals surface area contributed by atoms with Gasteiger partial charge in [0.2, 0.25) is 0 Å². The summed E-state index contributed by atoms with van der Waals surface area (Å²) in [5.74, 6) is -0.886. The zero-order valence-electron chi connectivity index (χ0n) is 8.74.